The van der Waals surface area contributed by atoms with Gasteiger partial charge in [-0.3, -0.25) is 0 Å². The fourth-order valence-electron chi connectivity index (χ4n) is 2.09. The number of aromatic nitrogens is 1. The molecule has 0 aliphatic carbocycles. The molecule has 0 saturated heterocycles. The number of carboxylic acid groups (broad SMARTS) is 1. The Morgan fingerprint density at radius 3 is 2.68 bits per heavy atom. The number of rotatable bonds is 3. The van der Waals surface area contributed by atoms with E-state index in [0.29, 0.717) is 16.5 Å². The second-order valence-corrected chi connectivity index (χ2v) is 4.60. The van der Waals surface area contributed by atoms with E-state index in [9.17, 15) is 15.0 Å². The van der Waals surface area contributed by atoms with Crippen molar-refractivity contribution in [3.63, 3.8) is 0 Å². The van der Waals surface area contributed by atoms with Gasteiger partial charge in [0.05, 0.1) is 22.2 Å². The van der Waals surface area contributed by atoms with Gasteiger partial charge in [-0.15, -0.1) is 0 Å². The molecule has 0 aliphatic rings. The smallest absolute Gasteiger partial charge is 0.329 e. The highest BCUT2D eigenvalue weighted by Crippen LogP contribution is 2.30. The lowest BCUT2D eigenvalue weighted by molar-refractivity contribution is -0.143. The largest absolute Gasteiger partial charge is 0.480 e. The van der Waals surface area contributed by atoms with E-state index in [4.69, 9.17) is 16.9 Å². The Labute approximate surface area is 114 Å². The van der Waals surface area contributed by atoms with Gasteiger partial charge in [0.1, 0.15) is 6.07 Å². The summed E-state index contributed by atoms with van der Waals surface area (Å²) in [6, 6.07) is 5.66. The summed E-state index contributed by atoms with van der Waals surface area (Å²) in [5.74, 6) is -1.13. The van der Waals surface area contributed by atoms with E-state index in [2.05, 4.69) is 0 Å². The van der Waals surface area contributed by atoms with Crippen molar-refractivity contribution in [1.29, 1.82) is 5.26 Å². The Bertz CT molecular complexity index is 685. The summed E-state index contributed by atoms with van der Waals surface area (Å²) >= 11 is 6.07. The van der Waals surface area contributed by atoms with Crippen molar-refractivity contribution in [2.45, 2.75) is 19.1 Å². The van der Waals surface area contributed by atoms with Gasteiger partial charge in [0.25, 0.3) is 0 Å². The Hall–Kier alpha value is -2.03. The number of aliphatic carboxylic acids is 1. The van der Waals surface area contributed by atoms with Crippen LogP contribution >= 0.6 is 11.6 Å². The lowest BCUT2D eigenvalue weighted by atomic mass is 10.1. The number of nitrogens with zero attached hydrogens (tertiary/aromatic N) is 2. The van der Waals surface area contributed by atoms with Gasteiger partial charge >= 0.3 is 5.97 Å². The molecule has 2 N–H and O–H groups in total. The number of halogens is 1. The maximum absolute atomic E-state index is 11.2. The van der Waals surface area contributed by atoms with Crippen molar-refractivity contribution in [3.05, 3.63) is 35.0 Å². The number of carboxylic acids is 1. The molecule has 1 heterocycles. The van der Waals surface area contributed by atoms with E-state index < -0.39 is 18.1 Å². The molecule has 98 valence electrons. The first-order chi connectivity index (χ1) is 8.97. The first-order valence-electron chi connectivity index (χ1n) is 5.57. The molecule has 0 amide bonds. The van der Waals surface area contributed by atoms with Crippen molar-refractivity contribution in [2.75, 3.05) is 0 Å². The molecule has 0 fully saturated rings. The molecule has 19 heavy (non-hydrogen) atoms. The number of fused-ring (bicyclic) bond motifs is 1. The van der Waals surface area contributed by atoms with Crippen LogP contribution in [0, 0.1) is 11.3 Å². The number of benzene rings is 1. The minimum atomic E-state index is -1.13. The number of nitriles is 1. The first kappa shape index (κ1) is 13.4. The molecule has 1 aromatic carbocycles. The zero-order valence-electron chi connectivity index (χ0n) is 10.0. The second kappa shape index (κ2) is 4.92. The molecular weight excluding hydrogens is 268 g/mol. The first-order valence-corrected chi connectivity index (χ1v) is 5.95. The van der Waals surface area contributed by atoms with Gasteiger partial charge in [0.2, 0.25) is 0 Å². The number of carbonyl (C=O) groups is 1. The quantitative estimate of drug-likeness (QED) is 0.901. The topological polar surface area (TPSA) is 86.2 Å². The molecule has 5 nitrogen and oxygen atoms in total. The maximum atomic E-state index is 11.2. The number of hydrogen-bond acceptors (Lipinski definition) is 3. The molecule has 2 aromatic rings. The fourth-order valence-corrected chi connectivity index (χ4v) is 2.35. The van der Waals surface area contributed by atoms with Crippen LogP contribution in [0.15, 0.2) is 24.4 Å². The molecule has 2 atom stereocenters. The third kappa shape index (κ3) is 2.16. The molecule has 6 heteroatoms. The summed E-state index contributed by atoms with van der Waals surface area (Å²) in [6.45, 7) is 1.41. The lowest BCUT2D eigenvalue weighted by Gasteiger charge is -2.18. The Balaban J connectivity index is 2.68. The average Bonchev–Trinajstić information content (AvgIpc) is 2.74. The molecule has 0 unspecified atom stereocenters. The van der Waals surface area contributed by atoms with Crippen LogP contribution in [0.1, 0.15) is 18.5 Å². The second-order valence-electron chi connectivity index (χ2n) is 4.22. The van der Waals surface area contributed by atoms with Crippen LogP contribution in [-0.2, 0) is 4.79 Å². The monoisotopic (exact) mass is 278 g/mol. The number of aliphatic hydroxyl groups excluding tert-OH is 1. The minimum absolute atomic E-state index is 0.286. The normalized spacial score (nSPS) is 14.0. The van der Waals surface area contributed by atoms with Crippen molar-refractivity contribution in [1.82, 2.24) is 4.57 Å². The molecule has 0 saturated carbocycles. The van der Waals surface area contributed by atoms with Gasteiger partial charge in [-0.25, -0.2) is 4.79 Å². The molecule has 0 aliphatic heterocycles. The van der Waals surface area contributed by atoms with Crippen LogP contribution in [0.5, 0.6) is 0 Å². The highest BCUT2D eigenvalue weighted by Gasteiger charge is 2.26. The fraction of sp³-hybridized carbons (Fsp3) is 0.231. The summed E-state index contributed by atoms with van der Waals surface area (Å²) in [6.07, 6.45) is 0.492. The molecule has 1 aromatic heterocycles. The molecular formula is C13H11ClN2O3. The van der Waals surface area contributed by atoms with Crippen LogP contribution in [-0.4, -0.2) is 26.9 Å². The average molecular weight is 279 g/mol. The molecule has 0 spiro atoms. The highest BCUT2D eigenvalue weighted by molar-refractivity contribution is 6.36. The predicted octanol–water partition coefficient (Wildman–Crippen LogP) is 2.17. The van der Waals surface area contributed by atoms with Crippen molar-refractivity contribution < 1.29 is 15.0 Å². The summed E-state index contributed by atoms with van der Waals surface area (Å²) < 4.78 is 1.44. The summed E-state index contributed by atoms with van der Waals surface area (Å²) in [4.78, 5) is 11.2. The van der Waals surface area contributed by atoms with Crippen LogP contribution in [0.4, 0.5) is 0 Å². The summed E-state index contributed by atoms with van der Waals surface area (Å²) in [5.41, 5.74) is 0.896. The lowest BCUT2D eigenvalue weighted by Crippen LogP contribution is -2.28. The van der Waals surface area contributed by atoms with Gasteiger partial charge in [-0.2, -0.15) is 5.26 Å². The van der Waals surface area contributed by atoms with Crippen molar-refractivity contribution in [3.8, 4) is 6.07 Å². The standard InChI is InChI=1S/C13H11ClN2O3/c1-7(17)12(13(18)19)16-5-4-9-10(16)3-2-8(6-15)11(9)14/h2-5,7,12,17H,1H3,(H,18,19)/t7-,12+/m0/s1. The van der Waals surface area contributed by atoms with Crippen LogP contribution in [0.25, 0.3) is 10.9 Å². The van der Waals surface area contributed by atoms with E-state index in [-0.39, 0.29) is 5.02 Å². The summed E-state index contributed by atoms with van der Waals surface area (Å²) in [7, 11) is 0. The minimum Gasteiger partial charge on any atom is -0.480 e. The SMILES string of the molecule is C[C@H](O)[C@H](C(=O)O)n1ccc2c(Cl)c(C#N)ccc21. The van der Waals surface area contributed by atoms with Gasteiger partial charge < -0.3 is 14.8 Å². The van der Waals surface area contributed by atoms with E-state index in [1.54, 1.807) is 18.3 Å². The third-order valence-electron chi connectivity index (χ3n) is 2.97. The predicted molar refractivity (Wildman–Crippen MR) is 70.0 cm³/mol. The number of hydrogen-bond donors (Lipinski definition) is 2. The van der Waals surface area contributed by atoms with Gasteiger partial charge in [-0.1, -0.05) is 11.6 Å². The zero-order chi connectivity index (χ0) is 14.2. The van der Waals surface area contributed by atoms with Crippen LogP contribution in [0.2, 0.25) is 5.02 Å². The van der Waals surface area contributed by atoms with Crippen molar-refractivity contribution in [2.24, 2.45) is 0 Å². The summed E-state index contributed by atoms with van der Waals surface area (Å²) in [5, 5.41) is 28.5. The Morgan fingerprint density at radius 1 is 1.47 bits per heavy atom. The molecule has 2 rings (SSSR count). The van der Waals surface area contributed by atoms with Crippen molar-refractivity contribution >= 4 is 28.5 Å². The maximum Gasteiger partial charge on any atom is 0.329 e. The Morgan fingerprint density at radius 2 is 2.16 bits per heavy atom. The van der Waals surface area contributed by atoms with Crippen LogP contribution in [0.3, 0.4) is 0 Å². The van der Waals surface area contributed by atoms with E-state index in [1.165, 1.54) is 17.6 Å². The number of aliphatic hydroxyl groups is 1. The zero-order valence-corrected chi connectivity index (χ0v) is 10.8. The van der Waals surface area contributed by atoms with E-state index in [0.717, 1.165) is 0 Å². The van der Waals surface area contributed by atoms with E-state index >= 15 is 0 Å². The highest BCUT2D eigenvalue weighted by atomic mass is 35.5. The molecule has 0 bridgehead atoms. The van der Waals surface area contributed by atoms with Crippen LogP contribution < -0.4 is 0 Å². The molecule has 0 radical (unpaired) electrons. The van der Waals surface area contributed by atoms with E-state index in [1.807, 2.05) is 6.07 Å². The van der Waals surface area contributed by atoms with Gasteiger partial charge in [-0.05, 0) is 25.1 Å². The Kier molecular flexibility index (Phi) is 3.47. The van der Waals surface area contributed by atoms with Gasteiger partial charge in [0, 0.05) is 11.6 Å². The third-order valence-corrected chi connectivity index (χ3v) is 3.37. The van der Waals surface area contributed by atoms with Gasteiger partial charge in [0.15, 0.2) is 6.04 Å².